The lowest BCUT2D eigenvalue weighted by Gasteiger charge is -2.25. The monoisotopic (exact) mass is 511 g/mol. The molecule has 1 amide bonds. The zero-order valence-corrected chi connectivity index (χ0v) is 20.6. The van der Waals surface area contributed by atoms with Crippen molar-refractivity contribution in [1.29, 1.82) is 0 Å². The summed E-state index contributed by atoms with van der Waals surface area (Å²) in [7, 11) is -1.48. The van der Waals surface area contributed by atoms with Crippen LogP contribution in [0.25, 0.3) is 0 Å². The van der Waals surface area contributed by atoms with Crippen LogP contribution in [0.3, 0.4) is 0 Å². The van der Waals surface area contributed by atoms with E-state index in [1.54, 1.807) is 26.8 Å². The van der Waals surface area contributed by atoms with Crippen molar-refractivity contribution in [1.82, 2.24) is 24.8 Å². The molecule has 2 N–H and O–H groups in total. The second kappa shape index (κ2) is 9.65. The van der Waals surface area contributed by atoms with Gasteiger partial charge in [0.15, 0.2) is 5.03 Å². The molecule has 0 aliphatic carbocycles. The van der Waals surface area contributed by atoms with E-state index < -0.39 is 44.5 Å². The van der Waals surface area contributed by atoms with Crippen LogP contribution in [-0.2, 0) is 10.0 Å². The SMILES string of the molecule is Cc1ccc(F)c(C(C)C(NS(=O)(=O)c2ccc(Cl)c(C(=O)N(C)C)n2)c2n[nH]c(=O)o2)c1C. The standard InChI is InChI=1S/C21H23ClFN5O5S/c1-10-6-8-14(23)16(11(10)2)12(3)17(19-25-26-21(30)33-19)27-34(31,32)15-9-7-13(22)18(24-15)20(29)28(4)5/h6-9,12,17,27H,1-5H3,(H,26,30). The molecule has 0 aliphatic heterocycles. The Kier molecular flexibility index (Phi) is 7.24. The van der Waals surface area contributed by atoms with Crippen molar-refractivity contribution in [2.75, 3.05) is 14.1 Å². The van der Waals surface area contributed by atoms with Gasteiger partial charge in [-0.05, 0) is 48.7 Å². The number of nitrogens with zero attached hydrogens (tertiary/aromatic N) is 3. The lowest BCUT2D eigenvalue weighted by Crippen LogP contribution is -2.34. The van der Waals surface area contributed by atoms with Crippen LogP contribution in [0.5, 0.6) is 0 Å². The average Bonchev–Trinajstić information content (AvgIpc) is 3.20. The summed E-state index contributed by atoms with van der Waals surface area (Å²) in [6.07, 6.45) is 0. The maximum atomic E-state index is 14.8. The molecule has 2 atom stereocenters. The first kappa shape index (κ1) is 25.5. The Labute approximate surface area is 200 Å². The number of hydrogen-bond donors (Lipinski definition) is 2. The van der Waals surface area contributed by atoms with E-state index >= 15 is 0 Å². The highest BCUT2D eigenvalue weighted by atomic mass is 35.5. The van der Waals surface area contributed by atoms with Gasteiger partial charge in [0.1, 0.15) is 17.6 Å². The number of aromatic amines is 1. The number of nitrogens with one attached hydrogen (secondary N) is 2. The molecular formula is C21H23ClFN5O5S. The molecule has 0 saturated heterocycles. The summed E-state index contributed by atoms with van der Waals surface area (Å²) >= 11 is 6.04. The van der Waals surface area contributed by atoms with Crippen LogP contribution < -0.4 is 10.5 Å². The third kappa shape index (κ3) is 5.03. The average molecular weight is 512 g/mol. The zero-order chi connectivity index (χ0) is 25.4. The molecule has 0 fully saturated rings. The van der Waals surface area contributed by atoms with Gasteiger partial charge in [0.25, 0.3) is 15.9 Å². The predicted octanol–water partition coefficient (Wildman–Crippen LogP) is 2.69. The van der Waals surface area contributed by atoms with E-state index in [0.717, 1.165) is 11.6 Å². The maximum Gasteiger partial charge on any atom is 0.434 e. The molecule has 10 nitrogen and oxygen atoms in total. The molecule has 0 aliphatic rings. The molecule has 34 heavy (non-hydrogen) atoms. The third-order valence-electron chi connectivity index (χ3n) is 5.40. The number of rotatable bonds is 7. The van der Waals surface area contributed by atoms with Crippen molar-refractivity contribution in [2.24, 2.45) is 0 Å². The van der Waals surface area contributed by atoms with Crippen molar-refractivity contribution < 1.29 is 22.0 Å². The van der Waals surface area contributed by atoms with Crippen molar-refractivity contribution >= 4 is 27.5 Å². The number of sulfonamides is 1. The first-order chi connectivity index (χ1) is 15.8. The number of aromatic nitrogens is 3. The molecule has 2 aromatic heterocycles. The van der Waals surface area contributed by atoms with Gasteiger partial charge in [0.2, 0.25) is 5.89 Å². The number of pyridine rings is 1. The van der Waals surface area contributed by atoms with Crippen LogP contribution in [0.15, 0.2) is 38.5 Å². The van der Waals surface area contributed by atoms with Gasteiger partial charge < -0.3 is 9.32 Å². The number of carbonyl (C=O) groups is 1. The molecule has 182 valence electrons. The van der Waals surface area contributed by atoms with E-state index in [-0.39, 0.29) is 22.2 Å². The molecule has 2 unspecified atom stereocenters. The van der Waals surface area contributed by atoms with Crippen molar-refractivity contribution in [3.8, 4) is 0 Å². The van der Waals surface area contributed by atoms with Crippen LogP contribution in [0, 0.1) is 19.7 Å². The normalized spacial score (nSPS) is 13.5. The van der Waals surface area contributed by atoms with Gasteiger partial charge in [0, 0.05) is 20.0 Å². The molecule has 0 radical (unpaired) electrons. The van der Waals surface area contributed by atoms with E-state index in [2.05, 4.69) is 19.9 Å². The summed E-state index contributed by atoms with van der Waals surface area (Å²) in [6.45, 7) is 5.07. The molecule has 3 aromatic rings. The van der Waals surface area contributed by atoms with Gasteiger partial charge in [0.05, 0.1) is 5.02 Å². The molecule has 1 aromatic carbocycles. The summed E-state index contributed by atoms with van der Waals surface area (Å²) in [5.74, 6) is -3.20. The number of aryl methyl sites for hydroxylation is 1. The van der Waals surface area contributed by atoms with E-state index in [1.165, 1.54) is 31.1 Å². The lowest BCUT2D eigenvalue weighted by molar-refractivity contribution is 0.0821. The molecule has 13 heteroatoms. The number of hydrogen-bond acceptors (Lipinski definition) is 7. The van der Waals surface area contributed by atoms with Gasteiger partial charge in [-0.2, -0.15) is 4.72 Å². The smallest absolute Gasteiger partial charge is 0.391 e. The summed E-state index contributed by atoms with van der Waals surface area (Å²) < 4.78 is 48.7. The second-order valence-electron chi connectivity index (χ2n) is 7.92. The summed E-state index contributed by atoms with van der Waals surface area (Å²) in [6, 6.07) is 3.95. The molecule has 0 spiro atoms. The fourth-order valence-electron chi connectivity index (χ4n) is 3.43. The van der Waals surface area contributed by atoms with Gasteiger partial charge >= 0.3 is 5.76 Å². The topological polar surface area (TPSA) is 138 Å². The number of H-pyrrole nitrogens is 1. The fourth-order valence-corrected chi connectivity index (χ4v) is 4.84. The quantitative estimate of drug-likeness (QED) is 0.497. The van der Waals surface area contributed by atoms with Crippen LogP contribution in [0.1, 0.15) is 52.0 Å². The Morgan fingerprint density at radius 1 is 1.24 bits per heavy atom. The summed E-state index contributed by atoms with van der Waals surface area (Å²) in [4.78, 5) is 29.1. The van der Waals surface area contributed by atoms with E-state index in [4.69, 9.17) is 16.0 Å². The second-order valence-corrected chi connectivity index (χ2v) is 9.99. The first-order valence-electron chi connectivity index (χ1n) is 10.0. The number of amides is 1. The minimum Gasteiger partial charge on any atom is -0.391 e. The van der Waals surface area contributed by atoms with Crippen LogP contribution in [0.2, 0.25) is 5.02 Å². The Bertz CT molecular complexity index is 1400. The Morgan fingerprint density at radius 2 is 1.91 bits per heavy atom. The largest absolute Gasteiger partial charge is 0.434 e. The molecule has 0 bridgehead atoms. The summed E-state index contributed by atoms with van der Waals surface area (Å²) in [5, 5.41) is 5.30. The molecule has 2 heterocycles. The molecule has 0 saturated carbocycles. The number of carbonyl (C=O) groups excluding carboxylic acids is 1. The minimum absolute atomic E-state index is 0.0293. The number of halogens is 2. The highest BCUT2D eigenvalue weighted by Gasteiger charge is 2.34. The van der Waals surface area contributed by atoms with Crippen LogP contribution in [-0.4, -0.2) is 48.5 Å². The third-order valence-corrected chi connectivity index (χ3v) is 7.04. The van der Waals surface area contributed by atoms with Crippen molar-refractivity contribution in [3.63, 3.8) is 0 Å². The minimum atomic E-state index is -4.41. The van der Waals surface area contributed by atoms with Gasteiger partial charge in [-0.15, -0.1) is 5.10 Å². The fraction of sp³-hybridized carbons (Fsp3) is 0.333. The summed E-state index contributed by atoms with van der Waals surface area (Å²) in [5.41, 5.74) is 1.37. The van der Waals surface area contributed by atoms with Gasteiger partial charge in [-0.3, -0.25) is 4.79 Å². The number of benzene rings is 1. The highest BCUT2D eigenvalue weighted by molar-refractivity contribution is 7.89. The van der Waals surface area contributed by atoms with Gasteiger partial charge in [-0.25, -0.2) is 27.7 Å². The zero-order valence-electron chi connectivity index (χ0n) is 19.0. The van der Waals surface area contributed by atoms with Crippen LogP contribution in [0.4, 0.5) is 4.39 Å². The Balaban J connectivity index is 2.10. The van der Waals surface area contributed by atoms with E-state index in [0.29, 0.717) is 5.56 Å². The van der Waals surface area contributed by atoms with Crippen molar-refractivity contribution in [2.45, 2.75) is 37.8 Å². The molecule has 3 rings (SSSR count). The Morgan fingerprint density at radius 3 is 2.50 bits per heavy atom. The molecular weight excluding hydrogens is 489 g/mol. The Hall–Kier alpha value is -3.09. The lowest BCUT2D eigenvalue weighted by atomic mass is 9.88. The first-order valence-corrected chi connectivity index (χ1v) is 11.9. The van der Waals surface area contributed by atoms with Crippen molar-refractivity contribution in [3.05, 3.63) is 73.9 Å². The highest BCUT2D eigenvalue weighted by Crippen LogP contribution is 2.35. The maximum absolute atomic E-state index is 14.8. The van der Waals surface area contributed by atoms with Gasteiger partial charge in [-0.1, -0.05) is 24.6 Å². The van der Waals surface area contributed by atoms with E-state index in [1.807, 2.05) is 0 Å². The van der Waals surface area contributed by atoms with Crippen LogP contribution >= 0.6 is 11.6 Å². The predicted molar refractivity (Wildman–Crippen MR) is 122 cm³/mol. The van der Waals surface area contributed by atoms with E-state index in [9.17, 15) is 22.4 Å².